The Balaban J connectivity index is 1.80. The summed E-state index contributed by atoms with van der Waals surface area (Å²) in [7, 11) is 2.24. The fourth-order valence-electron chi connectivity index (χ4n) is 3.15. The van der Waals surface area contributed by atoms with E-state index in [9.17, 15) is 0 Å². The van der Waals surface area contributed by atoms with Crippen molar-refractivity contribution in [3.8, 4) is 0 Å². The Morgan fingerprint density at radius 3 is 2.52 bits per heavy atom. The molecule has 1 saturated heterocycles. The number of hydrogen-bond acceptors (Lipinski definition) is 4. The van der Waals surface area contributed by atoms with Gasteiger partial charge in [0.1, 0.15) is 0 Å². The smallest absolute Gasteiger partial charge is 0.0446 e. The molecule has 0 radical (unpaired) electrons. The third-order valence-corrected chi connectivity index (χ3v) is 4.96. The SMILES string of the molecule is Cc1cc(N2CC(C)N(C)C(C)C2)c(CNC2CC2)cn1. The number of likely N-dealkylation sites (N-methyl/N-ethyl adjacent to an activating group) is 1. The minimum Gasteiger partial charge on any atom is -0.368 e. The third-order valence-electron chi connectivity index (χ3n) is 4.96. The van der Waals surface area contributed by atoms with E-state index in [-0.39, 0.29) is 0 Å². The lowest BCUT2D eigenvalue weighted by Gasteiger charge is -2.44. The second-order valence-electron chi connectivity index (χ2n) is 6.88. The second-order valence-corrected chi connectivity index (χ2v) is 6.88. The number of anilines is 1. The third kappa shape index (κ3) is 3.38. The van der Waals surface area contributed by atoms with Crippen molar-refractivity contribution in [2.75, 3.05) is 25.0 Å². The summed E-state index contributed by atoms with van der Waals surface area (Å²) in [5.74, 6) is 0. The van der Waals surface area contributed by atoms with Crippen LogP contribution in [-0.4, -0.2) is 48.1 Å². The van der Waals surface area contributed by atoms with Crippen molar-refractivity contribution in [2.24, 2.45) is 0 Å². The lowest BCUT2D eigenvalue weighted by molar-refractivity contribution is 0.170. The van der Waals surface area contributed by atoms with Crippen LogP contribution in [0.4, 0.5) is 5.69 Å². The molecule has 2 fully saturated rings. The molecule has 21 heavy (non-hydrogen) atoms. The molecular formula is C17H28N4. The molecule has 1 aromatic rings. The van der Waals surface area contributed by atoms with Crippen molar-refractivity contribution >= 4 is 5.69 Å². The molecule has 2 unspecified atom stereocenters. The first-order chi connectivity index (χ1) is 10.0. The maximum atomic E-state index is 4.51. The van der Waals surface area contributed by atoms with E-state index in [1.807, 2.05) is 0 Å². The summed E-state index contributed by atoms with van der Waals surface area (Å²) in [6.45, 7) is 9.87. The first-order valence-corrected chi connectivity index (χ1v) is 8.20. The van der Waals surface area contributed by atoms with E-state index < -0.39 is 0 Å². The van der Waals surface area contributed by atoms with Gasteiger partial charge in [0.25, 0.3) is 0 Å². The van der Waals surface area contributed by atoms with Crippen LogP contribution >= 0.6 is 0 Å². The monoisotopic (exact) mass is 288 g/mol. The zero-order valence-corrected chi connectivity index (χ0v) is 13.8. The molecule has 2 aliphatic rings. The first kappa shape index (κ1) is 14.8. The van der Waals surface area contributed by atoms with Gasteiger partial charge in [0.15, 0.2) is 0 Å². The number of aromatic nitrogens is 1. The highest BCUT2D eigenvalue weighted by atomic mass is 15.3. The predicted molar refractivity (Wildman–Crippen MR) is 87.7 cm³/mol. The summed E-state index contributed by atoms with van der Waals surface area (Å²) in [4.78, 5) is 9.54. The molecule has 1 aromatic heterocycles. The molecule has 1 aliphatic carbocycles. The predicted octanol–water partition coefficient (Wildman–Crippen LogP) is 2.17. The van der Waals surface area contributed by atoms with Crippen LogP contribution in [0, 0.1) is 6.92 Å². The van der Waals surface area contributed by atoms with E-state index >= 15 is 0 Å². The van der Waals surface area contributed by atoms with Crippen LogP contribution in [0.5, 0.6) is 0 Å². The topological polar surface area (TPSA) is 31.4 Å². The van der Waals surface area contributed by atoms with Gasteiger partial charge in [-0.2, -0.15) is 0 Å². The molecule has 116 valence electrons. The quantitative estimate of drug-likeness (QED) is 0.920. The highest BCUT2D eigenvalue weighted by Crippen LogP contribution is 2.27. The van der Waals surface area contributed by atoms with Crippen molar-refractivity contribution < 1.29 is 0 Å². The molecule has 2 atom stereocenters. The van der Waals surface area contributed by atoms with Gasteiger partial charge in [-0.1, -0.05) is 0 Å². The van der Waals surface area contributed by atoms with Gasteiger partial charge in [0.05, 0.1) is 0 Å². The molecule has 2 heterocycles. The number of hydrogen-bond donors (Lipinski definition) is 1. The number of aryl methyl sites for hydroxylation is 1. The Labute approximate surface area is 128 Å². The highest BCUT2D eigenvalue weighted by molar-refractivity contribution is 5.54. The van der Waals surface area contributed by atoms with Crippen molar-refractivity contribution in [1.29, 1.82) is 0 Å². The summed E-state index contributed by atoms with van der Waals surface area (Å²) in [6.07, 6.45) is 4.72. The molecule has 4 heteroatoms. The lowest BCUT2D eigenvalue weighted by atomic mass is 10.1. The van der Waals surface area contributed by atoms with Crippen molar-refractivity contribution in [2.45, 2.75) is 58.3 Å². The van der Waals surface area contributed by atoms with Gasteiger partial charge in [0.2, 0.25) is 0 Å². The Kier molecular flexibility index (Phi) is 4.18. The van der Waals surface area contributed by atoms with E-state index in [1.165, 1.54) is 24.1 Å². The zero-order valence-electron chi connectivity index (χ0n) is 13.8. The van der Waals surface area contributed by atoms with Crippen molar-refractivity contribution in [3.05, 3.63) is 23.5 Å². The fourth-order valence-corrected chi connectivity index (χ4v) is 3.15. The van der Waals surface area contributed by atoms with E-state index in [0.29, 0.717) is 12.1 Å². The fraction of sp³-hybridized carbons (Fsp3) is 0.706. The van der Waals surface area contributed by atoms with Crippen LogP contribution in [0.2, 0.25) is 0 Å². The molecule has 0 bridgehead atoms. The van der Waals surface area contributed by atoms with Gasteiger partial charge in [-0.3, -0.25) is 9.88 Å². The zero-order chi connectivity index (χ0) is 15.0. The van der Waals surface area contributed by atoms with Crippen LogP contribution in [-0.2, 0) is 6.54 Å². The molecule has 1 aliphatic heterocycles. The maximum absolute atomic E-state index is 4.51. The Bertz CT molecular complexity index is 486. The average molecular weight is 288 g/mol. The van der Waals surface area contributed by atoms with E-state index in [4.69, 9.17) is 0 Å². The number of nitrogens with one attached hydrogen (secondary N) is 1. The molecule has 0 amide bonds. The highest BCUT2D eigenvalue weighted by Gasteiger charge is 2.28. The van der Waals surface area contributed by atoms with E-state index in [2.05, 4.69) is 60.2 Å². The molecule has 3 rings (SSSR count). The molecule has 4 nitrogen and oxygen atoms in total. The van der Waals surface area contributed by atoms with E-state index in [1.54, 1.807) is 0 Å². The normalized spacial score (nSPS) is 27.1. The summed E-state index contributed by atoms with van der Waals surface area (Å²) in [6, 6.07) is 4.18. The van der Waals surface area contributed by atoms with Gasteiger partial charge in [-0.15, -0.1) is 0 Å². The first-order valence-electron chi connectivity index (χ1n) is 8.20. The van der Waals surface area contributed by atoms with Gasteiger partial charge in [-0.25, -0.2) is 0 Å². The Hall–Kier alpha value is -1.13. The molecular weight excluding hydrogens is 260 g/mol. The van der Waals surface area contributed by atoms with Crippen LogP contribution in [0.25, 0.3) is 0 Å². The van der Waals surface area contributed by atoms with Gasteiger partial charge < -0.3 is 10.2 Å². The van der Waals surface area contributed by atoms with Crippen molar-refractivity contribution in [3.63, 3.8) is 0 Å². The minimum atomic E-state index is 0.589. The minimum absolute atomic E-state index is 0.589. The summed E-state index contributed by atoms with van der Waals surface area (Å²) >= 11 is 0. The molecule has 0 aromatic carbocycles. The van der Waals surface area contributed by atoms with Gasteiger partial charge in [-0.05, 0) is 46.7 Å². The summed E-state index contributed by atoms with van der Waals surface area (Å²) in [5.41, 5.74) is 3.83. The number of piperazine rings is 1. The number of pyridine rings is 1. The van der Waals surface area contributed by atoms with Crippen molar-refractivity contribution in [1.82, 2.24) is 15.2 Å². The summed E-state index contributed by atoms with van der Waals surface area (Å²) < 4.78 is 0. The van der Waals surface area contributed by atoms with Crippen LogP contribution in [0.1, 0.15) is 37.9 Å². The molecule has 0 spiro atoms. The molecule has 1 saturated carbocycles. The van der Waals surface area contributed by atoms with Crippen LogP contribution in [0.15, 0.2) is 12.3 Å². The number of rotatable bonds is 4. The van der Waals surface area contributed by atoms with Gasteiger partial charge in [0, 0.05) is 60.9 Å². The Morgan fingerprint density at radius 2 is 1.90 bits per heavy atom. The summed E-state index contributed by atoms with van der Waals surface area (Å²) in [5, 5.41) is 3.63. The molecule has 1 N–H and O–H groups in total. The Morgan fingerprint density at radius 1 is 1.24 bits per heavy atom. The van der Waals surface area contributed by atoms with Crippen LogP contribution in [0.3, 0.4) is 0 Å². The lowest BCUT2D eigenvalue weighted by Crippen LogP contribution is -2.55. The van der Waals surface area contributed by atoms with E-state index in [0.717, 1.165) is 31.4 Å². The maximum Gasteiger partial charge on any atom is 0.0446 e. The van der Waals surface area contributed by atoms with Gasteiger partial charge >= 0.3 is 0 Å². The average Bonchev–Trinajstić information content (AvgIpc) is 3.27. The standard InChI is InChI=1S/C17H28N4/c1-12-7-17(15(8-18-12)9-19-16-5-6-16)21-10-13(2)20(4)14(3)11-21/h7-8,13-14,16,19H,5-6,9-11H2,1-4H3. The van der Waals surface area contributed by atoms with Crippen LogP contribution < -0.4 is 10.2 Å². The number of nitrogens with zero attached hydrogens (tertiary/aromatic N) is 3. The largest absolute Gasteiger partial charge is 0.368 e. The second kappa shape index (κ2) is 5.93.